The van der Waals surface area contributed by atoms with Crippen LogP contribution in [-0.4, -0.2) is 26.4 Å². The van der Waals surface area contributed by atoms with Gasteiger partial charge in [-0.3, -0.25) is 4.79 Å². The van der Waals surface area contributed by atoms with Crippen molar-refractivity contribution in [1.29, 1.82) is 0 Å². The quantitative estimate of drug-likeness (QED) is 0.905. The van der Waals surface area contributed by atoms with Gasteiger partial charge in [0.2, 0.25) is 15.9 Å². The molecule has 0 bridgehead atoms. The minimum Gasteiger partial charge on any atom is -0.312 e. The van der Waals surface area contributed by atoms with Gasteiger partial charge in [0.15, 0.2) is 0 Å². The molecular weight excluding hydrogens is 300 g/mol. The van der Waals surface area contributed by atoms with Crippen LogP contribution >= 0.6 is 0 Å². The molecule has 120 valence electrons. The molecule has 22 heavy (non-hydrogen) atoms. The van der Waals surface area contributed by atoms with Crippen molar-refractivity contribution in [2.75, 3.05) is 11.4 Å². The van der Waals surface area contributed by atoms with Crippen LogP contribution in [0.25, 0.3) is 0 Å². The summed E-state index contributed by atoms with van der Waals surface area (Å²) in [6.07, 6.45) is 2.79. The number of rotatable bonds is 2. The van der Waals surface area contributed by atoms with Crippen LogP contribution in [-0.2, 0) is 27.7 Å². The number of carbonyl (C=O) groups is 1. The smallest absolute Gasteiger partial charge is 0.241 e. The summed E-state index contributed by atoms with van der Waals surface area (Å²) in [5, 5.41) is 0. The maximum Gasteiger partial charge on any atom is 0.241 e. The van der Waals surface area contributed by atoms with E-state index in [0.29, 0.717) is 17.7 Å². The Hall–Kier alpha value is -1.40. The van der Waals surface area contributed by atoms with Crippen molar-refractivity contribution in [2.24, 2.45) is 0 Å². The number of carbonyl (C=O) groups excluding carboxylic acids is 1. The van der Waals surface area contributed by atoms with Crippen molar-refractivity contribution >= 4 is 21.6 Å². The molecule has 0 atom stereocenters. The molecule has 2 aliphatic heterocycles. The van der Waals surface area contributed by atoms with Crippen molar-refractivity contribution < 1.29 is 13.2 Å². The first-order valence-corrected chi connectivity index (χ1v) is 9.16. The van der Waals surface area contributed by atoms with Crippen molar-refractivity contribution in [3.8, 4) is 0 Å². The Morgan fingerprint density at radius 1 is 1.09 bits per heavy atom. The fourth-order valence-corrected chi connectivity index (χ4v) is 4.76. The van der Waals surface area contributed by atoms with E-state index < -0.39 is 15.6 Å². The average molecular weight is 322 g/mol. The Balaban J connectivity index is 2.09. The number of benzene rings is 1. The van der Waals surface area contributed by atoms with Crippen LogP contribution in [0.5, 0.6) is 0 Å². The zero-order chi connectivity index (χ0) is 16.1. The summed E-state index contributed by atoms with van der Waals surface area (Å²) in [6, 6.07) is 3.47. The SMILES string of the molecule is CC(C)(C)NS(=O)(=O)c1cc2c3c(c1)CCC(=O)N3CCC2. The molecule has 2 aliphatic rings. The highest BCUT2D eigenvalue weighted by Crippen LogP contribution is 2.37. The number of nitrogens with one attached hydrogen (secondary N) is 1. The van der Waals surface area contributed by atoms with Crippen molar-refractivity contribution in [1.82, 2.24) is 4.72 Å². The molecule has 0 saturated heterocycles. The van der Waals surface area contributed by atoms with Gasteiger partial charge < -0.3 is 4.90 Å². The van der Waals surface area contributed by atoms with E-state index in [1.165, 1.54) is 0 Å². The number of anilines is 1. The highest BCUT2D eigenvalue weighted by atomic mass is 32.2. The van der Waals surface area contributed by atoms with Crippen molar-refractivity contribution in [3.05, 3.63) is 23.3 Å². The summed E-state index contributed by atoms with van der Waals surface area (Å²) in [4.78, 5) is 14.2. The van der Waals surface area contributed by atoms with E-state index in [-0.39, 0.29) is 5.91 Å². The van der Waals surface area contributed by atoms with Crippen molar-refractivity contribution in [3.63, 3.8) is 0 Å². The fourth-order valence-electron chi connectivity index (χ4n) is 3.24. The Morgan fingerprint density at radius 2 is 1.73 bits per heavy atom. The predicted octanol–water partition coefficient (Wildman–Crippen LogP) is 1.99. The minimum absolute atomic E-state index is 0.150. The molecule has 1 aromatic carbocycles. The van der Waals surface area contributed by atoms with Crippen LogP contribution in [0.3, 0.4) is 0 Å². The molecule has 0 fully saturated rings. The van der Waals surface area contributed by atoms with Gasteiger partial charge in [-0.2, -0.15) is 0 Å². The summed E-state index contributed by atoms with van der Waals surface area (Å²) in [7, 11) is -3.54. The van der Waals surface area contributed by atoms with Gasteiger partial charge in [0.25, 0.3) is 0 Å². The molecule has 0 unspecified atom stereocenters. The molecule has 2 heterocycles. The predicted molar refractivity (Wildman–Crippen MR) is 85.5 cm³/mol. The number of hydrogen-bond acceptors (Lipinski definition) is 3. The molecule has 5 nitrogen and oxygen atoms in total. The molecule has 0 radical (unpaired) electrons. The first kappa shape index (κ1) is 15.5. The van der Waals surface area contributed by atoms with Crippen LogP contribution in [0.2, 0.25) is 0 Å². The second-order valence-corrected chi connectivity index (χ2v) is 8.78. The van der Waals surface area contributed by atoms with Gasteiger partial charge in [0.05, 0.1) is 10.6 Å². The fraction of sp³-hybridized carbons (Fsp3) is 0.562. The molecule has 0 spiro atoms. The van der Waals surface area contributed by atoms with E-state index in [4.69, 9.17) is 0 Å². The van der Waals surface area contributed by atoms with Gasteiger partial charge >= 0.3 is 0 Å². The first-order valence-electron chi connectivity index (χ1n) is 7.67. The zero-order valence-electron chi connectivity index (χ0n) is 13.3. The number of amides is 1. The second-order valence-electron chi connectivity index (χ2n) is 7.09. The van der Waals surface area contributed by atoms with E-state index in [1.54, 1.807) is 12.1 Å². The molecule has 3 rings (SSSR count). The maximum atomic E-state index is 12.6. The third kappa shape index (κ3) is 2.77. The number of sulfonamides is 1. The van der Waals surface area contributed by atoms with Gasteiger partial charge in [-0.25, -0.2) is 13.1 Å². The molecule has 0 aromatic heterocycles. The molecule has 6 heteroatoms. The lowest BCUT2D eigenvalue weighted by Crippen LogP contribution is -2.41. The lowest BCUT2D eigenvalue weighted by Gasteiger charge is -2.35. The van der Waals surface area contributed by atoms with E-state index >= 15 is 0 Å². The summed E-state index contributed by atoms with van der Waals surface area (Å²) >= 11 is 0. The molecule has 1 amide bonds. The molecular formula is C16H22N2O3S. The largest absolute Gasteiger partial charge is 0.312 e. The van der Waals surface area contributed by atoms with Crippen molar-refractivity contribution in [2.45, 2.75) is 56.9 Å². The lowest BCUT2D eigenvalue weighted by molar-refractivity contribution is -0.119. The van der Waals surface area contributed by atoms with Gasteiger partial charge in [-0.05, 0) is 63.3 Å². The van der Waals surface area contributed by atoms with Crippen LogP contribution in [0.15, 0.2) is 17.0 Å². The normalized spacial score (nSPS) is 18.3. The third-order valence-corrected chi connectivity index (χ3v) is 5.74. The van der Waals surface area contributed by atoms with Crippen LogP contribution in [0.4, 0.5) is 5.69 Å². The number of hydrogen-bond donors (Lipinski definition) is 1. The van der Waals surface area contributed by atoms with Gasteiger partial charge in [0, 0.05) is 18.5 Å². The van der Waals surface area contributed by atoms with E-state index in [9.17, 15) is 13.2 Å². The summed E-state index contributed by atoms with van der Waals surface area (Å²) < 4.78 is 27.8. The topological polar surface area (TPSA) is 66.5 Å². The van der Waals surface area contributed by atoms with Crippen LogP contribution in [0, 0.1) is 0 Å². The summed E-state index contributed by atoms with van der Waals surface area (Å²) in [5.74, 6) is 0.150. The van der Waals surface area contributed by atoms with E-state index in [0.717, 1.165) is 36.2 Å². The van der Waals surface area contributed by atoms with Gasteiger partial charge in [0.1, 0.15) is 0 Å². The van der Waals surface area contributed by atoms with E-state index in [2.05, 4.69) is 4.72 Å². The maximum absolute atomic E-state index is 12.6. The Morgan fingerprint density at radius 3 is 2.36 bits per heavy atom. The lowest BCUT2D eigenvalue weighted by atomic mass is 9.92. The van der Waals surface area contributed by atoms with Gasteiger partial charge in [-0.15, -0.1) is 0 Å². The summed E-state index contributed by atoms with van der Waals surface area (Å²) in [5.41, 5.74) is 2.39. The Bertz CT molecular complexity index is 715. The minimum atomic E-state index is -3.54. The third-order valence-electron chi connectivity index (χ3n) is 4.00. The highest BCUT2D eigenvalue weighted by Gasteiger charge is 2.32. The highest BCUT2D eigenvalue weighted by molar-refractivity contribution is 7.89. The average Bonchev–Trinajstić information content (AvgIpc) is 2.40. The molecule has 0 aliphatic carbocycles. The van der Waals surface area contributed by atoms with Crippen LogP contribution in [0.1, 0.15) is 44.7 Å². The molecule has 1 aromatic rings. The van der Waals surface area contributed by atoms with Gasteiger partial charge in [-0.1, -0.05) is 0 Å². The monoisotopic (exact) mass is 322 g/mol. The zero-order valence-corrected chi connectivity index (χ0v) is 14.1. The Kier molecular flexibility index (Phi) is 3.57. The molecule has 1 N–H and O–H groups in total. The first-order chi connectivity index (χ1) is 10.2. The molecule has 0 saturated carbocycles. The summed E-state index contributed by atoms with van der Waals surface area (Å²) in [6.45, 7) is 6.22. The standard InChI is InChI=1S/C16H22N2O3S/c1-16(2,3)17-22(20,21)13-9-11-5-4-8-18-14(19)7-6-12(10-13)15(11)18/h9-10,17H,4-8H2,1-3H3. The number of nitrogens with zero attached hydrogens (tertiary/aromatic N) is 1. The van der Waals surface area contributed by atoms with E-state index in [1.807, 2.05) is 25.7 Å². The van der Waals surface area contributed by atoms with Crippen LogP contribution < -0.4 is 9.62 Å². The Labute approximate surface area is 131 Å². The second kappa shape index (κ2) is 5.06. The number of aryl methyl sites for hydroxylation is 2.